The monoisotopic (exact) mass is 610 g/mol. The lowest BCUT2D eigenvalue weighted by Gasteiger charge is -2.75. The molecule has 1 amide bonds. The zero-order chi connectivity index (χ0) is 31.6. The zero-order valence-electron chi connectivity index (χ0n) is 27.4. The van der Waals surface area contributed by atoms with Crippen molar-refractivity contribution in [2.24, 2.45) is 28.6 Å². The largest absolute Gasteiger partial charge is 0.482 e. The number of fused-ring (bicyclic) bond motifs is 2. The number of carboxylic acids is 1. The lowest BCUT2D eigenvalue weighted by molar-refractivity contribution is -0.312. The number of methoxy groups -OCH3 is 1. The van der Waals surface area contributed by atoms with Gasteiger partial charge in [-0.1, -0.05) is 40.7 Å². The molecule has 8 rings (SSSR count). The van der Waals surface area contributed by atoms with Gasteiger partial charge in [0.25, 0.3) is 0 Å². The highest BCUT2D eigenvalue weighted by Gasteiger charge is 2.82. The number of ether oxygens (including phenoxy) is 3. The first-order valence-electron chi connectivity index (χ1n) is 16.7. The molecule has 3 N–H and O–H groups in total. The fourth-order valence-corrected chi connectivity index (χ4v) is 10.4. The van der Waals surface area contributed by atoms with Gasteiger partial charge in [0.1, 0.15) is 17.7 Å². The van der Waals surface area contributed by atoms with Crippen LogP contribution in [0.1, 0.15) is 91.2 Å². The highest BCUT2D eigenvalue weighted by atomic mass is 16.6. The van der Waals surface area contributed by atoms with E-state index < -0.39 is 29.3 Å². The van der Waals surface area contributed by atoms with Crippen LogP contribution in [-0.2, 0) is 21.4 Å². The average molecular weight is 611 g/mol. The van der Waals surface area contributed by atoms with Crippen LogP contribution < -0.4 is 14.8 Å². The third kappa shape index (κ3) is 3.81. The number of nitrogens with zero attached hydrogens (tertiary/aromatic N) is 1. The molecule has 2 heterocycles. The van der Waals surface area contributed by atoms with Crippen LogP contribution in [0.3, 0.4) is 0 Å². The molecule has 242 valence electrons. The lowest BCUT2D eigenvalue weighted by Crippen LogP contribution is -2.83. The Balaban J connectivity index is 1.36. The van der Waals surface area contributed by atoms with E-state index in [9.17, 15) is 19.8 Å². The number of hydrogen-bond donors (Lipinski definition) is 3. The van der Waals surface area contributed by atoms with E-state index in [4.69, 9.17) is 14.2 Å². The topological polar surface area (TPSA) is 118 Å². The molecule has 0 aromatic heterocycles. The molecular formula is C35H50N2O7. The minimum absolute atomic E-state index is 0.115. The van der Waals surface area contributed by atoms with E-state index >= 15 is 0 Å². The number of carbonyl (C=O) groups excluding carboxylic acids is 1. The van der Waals surface area contributed by atoms with E-state index in [1.54, 1.807) is 21.0 Å². The van der Waals surface area contributed by atoms with Gasteiger partial charge in [-0.15, -0.1) is 0 Å². The summed E-state index contributed by atoms with van der Waals surface area (Å²) in [5.74, 6) is 0.130. The number of amides is 1. The predicted molar refractivity (Wildman–Crippen MR) is 164 cm³/mol. The number of aliphatic carboxylic acids is 1. The summed E-state index contributed by atoms with van der Waals surface area (Å²) in [7, 11) is 1.78. The third-order valence-corrected chi connectivity index (χ3v) is 13.3. The number of carboxylic acid groups (broad SMARTS) is 1. The number of aliphatic hydroxyl groups is 1. The molecule has 44 heavy (non-hydrogen) atoms. The summed E-state index contributed by atoms with van der Waals surface area (Å²) < 4.78 is 19.7. The van der Waals surface area contributed by atoms with Crippen LogP contribution in [0.4, 0.5) is 4.79 Å². The Morgan fingerprint density at radius 3 is 2.50 bits per heavy atom. The Bertz CT molecular complexity index is 1380. The van der Waals surface area contributed by atoms with E-state index in [0.29, 0.717) is 17.5 Å². The maximum Gasteiger partial charge on any atom is 0.413 e. The quantitative estimate of drug-likeness (QED) is 0.380. The summed E-state index contributed by atoms with van der Waals surface area (Å²) >= 11 is 0. The lowest BCUT2D eigenvalue weighted by atomic mass is 9.33. The van der Waals surface area contributed by atoms with Crippen LogP contribution in [-0.4, -0.2) is 76.8 Å². The van der Waals surface area contributed by atoms with Gasteiger partial charge in [-0.05, 0) is 87.3 Å². The minimum atomic E-state index is -1.10. The Morgan fingerprint density at radius 1 is 1.16 bits per heavy atom. The second-order valence-corrected chi connectivity index (χ2v) is 16.4. The van der Waals surface area contributed by atoms with Crippen molar-refractivity contribution in [3.8, 4) is 11.5 Å². The van der Waals surface area contributed by atoms with Crippen molar-refractivity contribution in [2.45, 2.75) is 121 Å². The summed E-state index contributed by atoms with van der Waals surface area (Å²) in [6.45, 7) is 13.9. The van der Waals surface area contributed by atoms with E-state index in [0.717, 1.165) is 56.7 Å². The Morgan fingerprint density at radius 2 is 1.89 bits per heavy atom. The SMILES string of the molecule is CO[C@]12CC[C@@]3(C[C@@H]1[C@@](C)(O)C(C)(C)C)[C@H]1Cc4ccc(OC(=O)NC(C(=O)O)C(C)C)c5c4[C@@]3(CCN1CC1CC1)[C@H]2O5. The van der Waals surface area contributed by atoms with E-state index in [2.05, 4.69) is 37.1 Å². The third-order valence-electron chi connectivity index (χ3n) is 13.3. The van der Waals surface area contributed by atoms with Crippen LogP contribution in [0.25, 0.3) is 0 Å². The van der Waals surface area contributed by atoms with Crippen LogP contribution >= 0.6 is 0 Å². The molecular weight excluding hydrogens is 560 g/mol. The maximum absolute atomic E-state index is 13.1. The second-order valence-electron chi connectivity index (χ2n) is 16.4. The van der Waals surface area contributed by atoms with Gasteiger partial charge in [-0.2, -0.15) is 0 Å². The maximum atomic E-state index is 13.1. The molecule has 1 unspecified atom stereocenters. The fourth-order valence-electron chi connectivity index (χ4n) is 10.4. The number of likely N-dealkylation sites (tertiary alicyclic amines) is 1. The first-order chi connectivity index (χ1) is 20.6. The molecule has 8 atom stereocenters. The van der Waals surface area contributed by atoms with Crippen molar-refractivity contribution < 1.29 is 34.0 Å². The molecule has 4 bridgehead atoms. The van der Waals surface area contributed by atoms with E-state index in [-0.39, 0.29) is 34.2 Å². The van der Waals surface area contributed by atoms with Gasteiger partial charge in [0, 0.05) is 42.0 Å². The molecule has 9 heteroatoms. The molecule has 7 aliphatic rings. The van der Waals surface area contributed by atoms with Crippen molar-refractivity contribution in [3.63, 3.8) is 0 Å². The highest BCUT2D eigenvalue weighted by Crippen LogP contribution is 2.78. The van der Waals surface area contributed by atoms with Gasteiger partial charge >= 0.3 is 12.1 Å². The Hall–Kier alpha value is -2.36. The van der Waals surface area contributed by atoms with Gasteiger partial charge in [-0.3, -0.25) is 4.90 Å². The number of hydrogen-bond acceptors (Lipinski definition) is 7. The zero-order valence-corrected chi connectivity index (χ0v) is 27.4. The molecule has 9 nitrogen and oxygen atoms in total. The van der Waals surface area contributed by atoms with Gasteiger partial charge < -0.3 is 29.7 Å². The van der Waals surface area contributed by atoms with Crippen molar-refractivity contribution in [2.75, 3.05) is 20.2 Å². The molecule has 1 aromatic carbocycles. The fraction of sp³-hybridized carbons (Fsp3) is 0.771. The number of benzene rings is 1. The molecule has 5 fully saturated rings. The number of rotatable bonds is 8. The summed E-state index contributed by atoms with van der Waals surface area (Å²) in [5.41, 5.74) is -0.164. The standard InChI is InChI=1S/C35H50N2O7/c1-19(2)26(28(38)39)36-30(40)43-22-11-10-21-16-24-33-12-13-35(42-7,23(17-33)32(6,41)31(3,4)5)29-34(33,25(21)27(22)44-29)14-15-37(24)18-20-8-9-20/h10-11,19-20,23-24,26,29,41H,8-9,12-18H2,1-7H3,(H,36,40)(H,38,39)/t23-,24-,26?,29-,32-,33-,34+,35-/m1/s1. The number of carbonyl (C=O) groups is 2. The van der Waals surface area contributed by atoms with E-state index in [1.807, 2.05) is 13.0 Å². The first-order valence-corrected chi connectivity index (χ1v) is 16.7. The van der Waals surface area contributed by atoms with Crippen LogP contribution in [0.5, 0.6) is 11.5 Å². The first kappa shape index (κ1) is 30.3. The molecule has 2 spiro atoms. The molecule has 1 aromatic rings. The normalized spacial score (nSPS) is 37.2. The van der Waals surface area contributed by atoms with Gasteiger partial charge in [-0.25, -0.2) is 9.59 Å². The van der Waals surface area contributed by atoms with E-state index in [1.165, 1.54) is 18.4 Å². The summed E-state index contributed by atoms with van der Waals surface area (Å²) in [6.07, 6.45) is 5.97. The number of nitrogens with one attached hydrogen (secondary N) is 1. The molecule has 2 aliphatic heterocycles. The van der Waals surface area contributed by atoms with Crippen molar-refractivity contribution in [1.82, 2.24) is 10.2 Å². The van der Waals surface area contributed by atoms with Gasteiger partial charge in [0.15, 0.2) is 11.5 Å². The van der Waals surface area contributed by atoms with Gasteiger partial charge in [0.2, 0.25) is 0 Å². The summed E-state index contributed by atoms with van der Waals surface area (Å²) in [5, 5.41) is 24.6. The Labute approximate surface area is 261 Å². The smallest absolute Gasteiger partial charge is 0.413 e. The van der Waals surface area contributed by atoms with Crippen molar-refractivity contribution in [1.29, 1.82) is 0 Å². The van der Waals surface area contributed by atoms with Gasteiger partial charge in [0.05, 0.1) is 5.60 Å². The predicted octanol–water partition coefficient (Wildman–Crippen LogP) is 4.91. The molecule has 4 saturated carbocycles. The highest BCUT2D eigenvalue weighted by molar-refractivity contribution is 5.81. The molecule has 0 radical (unpaired) electrons. The average Bonchev–Trinajstić information content (AvgIpc) is 3.69. The van der Waals surface area contributed by atoms with Crippen molar-refractivity contribution in [3.05, 3.63) is 23.3 Å². The molecule has 5 aliphatic carbocycles. The Kier molecular flexibility index (Phi) is 6.60. The number of piperidine rings is 1. The van der Waals surface area contributed by atoms with Crippen LogP contribution in [0.2, 0.25) is 0 Å². The summed E-state index contributed by atoms with van der Waals surface area (Å²) in [4.78, 5) is 27.7. The van der Waals surface area contributed by atoms with Crippen LogP contribution in [0, 0.1) is 28.6 Å². The van der Waals surface area contributed by atoms with Crippen LogP contribution in [0.15, 0.2) is 12.1 Å². The van der Waals surface area contributed by atoms with Crippen molar-refractivity contribution >= 4 is 12.1 Å². The minimum Gasteiger partial charge on any atom is -0.482 e. The second kappa shape index (κ2) is 9.58. The summed E-state index contributed by atoms with van der Waals surface area (Å²) in [6, 6.07) is 3.18. The molecule has 1 saturated heterocycles.